The fourth-order valence-electron chi connectivity index (χ4n) is 1.08. The second kappa shape index (κ2) is 6.04. The normalized spacial score (nSPS) is 10.5. The Morgan fingerprint density at radius 3 is 3.06 bits per heavy atom. The van der Waals surface area contributed by atoms with Crippen LogP contribution in [0.3, 0.4) is 0 Å². The number of nitrogens with one attached hydrogen (secondary N) is 1. The number of carbonyl (C=O) groups is 1. The van der Waals surface area contributed by atoms with E-state index < -0.39 is 18.9 Å². The van der Waals surface area contributed by atoms with Gasteiger partial charge in [-0.05, 0) is 6.92 Å². The van der Waals surface area contributed by atoms with Gasteiger partial charge in [-0.25, -0.2) is 8.78 Å². The molecule has 0 saturated heterocycles. The van der Waals surface area contributed by atoms with E-state index in [9.17, 15) is 13.6 Å². The third-order valence-corrected chi connectivity index (χ3v) is 1.70. The van der Waals surface area contributed by atoms with Crippen molar-refractivity contribution >= 4 is 11.7 Å². The fourth-order valence-corrected chi connectivity index (χ4v) is 1.08. The summed E-state index contributed by atoms with van der Waals surface area (Å²) in [5, 5.41) is 6.42. The number of hydrogen-bond donors (Lipinski definition) is 1. The molecule has 0 aromatic carbocycles. The second-order valence-corrected chi connectivity index (χ2v) is 3.00. The summed E-state index contributed by atoms with van der Waals surface area (Å²) in [5.74, 6) is -0.399. The first-order valence-corrected chi connectivity index (χ1v) is 4.82. The molecule has 1 aromatic rings. The van der Waals surface area contributed by atoms with Gasteiger partial charge in [0.15, 0.2) is 0 Å². The molecular formula is C9H13F2N3O2. The minimum absolute atomic E-state index is 0.00574. The van der Waals surface area contributed by atoms with Crippen molar-refractivity contribution < 1.29 is 18.3 Å². The number of ether oxygens (including phenoxy) is 1. The van der Waals surface area contributed by atoms with Crippen molar-refractivity contribution in [2.24, 2.45) is 0 Å². The number of anilines is 1. The standard InChI is InChI=1S/C9H13F2N3O2/c1-2-16-9(15)4-12-7-3-13-14(5-7)6-8(10)11/h3,5,8,12H,2,4,6H2,1H3. The highest BCUT2D eigenvalue weighted by atomic mass is 19.3. The van der Waals surface area contributed by atoms with Gasteiger partial charge in [0.25, 0.3) is 6.43 Å². The lowest BCUT2D eigenvalue weighted by Gasteiger charge is -2.02. The van der Waals surface area contributed by atoms with Crippen LogP contribution in [-0.2, 0) is 16.1 Å². The summed E-state index contributed by atoms with van der Waals surface area (Å²) in [6.07, 6.45) is 0.338. The van der Waals surface area contributed by atoms with Crippen LogP contribution in [0.2, 0.25) is 0 Å². The predicted octanol–water partition coefficient (Wildman–Crippen LogP) is 1.12. The van der Waals surface area contributed by atoms with Crippen LogP contribution in [0.5, 0.6) is 0 Å². The van der Waals surface area contributed by atoms with Crippen LogP contribution in [0.25, 0.3) is 0 Å². The number of esters is 1. The van der Waals surface area contributed by atoms with Crippen LogP contribution in [0.4, 0.5) is 14.5 Å². The summed E-state index contributed by atoms with van der Waals surface area (Å²) in [4.78, 5) is 11.0. The molecule has 1 aromatic heterocycles. The molecule has 1 heterocycles. The number of nitrogens with zero attached hydrogens (tertiary/aromatic N) is 2. The van der Waals surface area contributed by atoms with Gasteiger partial charge in [0.05, 0.1) is 18.5 Å². The van der Waals surface area contributed by atoms with Crippen LogP contribution in [-0.4, -0.2) is 35.3 Å². The summed E-state index contributed by atoms with van der Waals surface area (Å²) in [6.45, 7) is 1.55. The molecule has 1 N–H and O–H groups in total. The minimum atomic E-state index is -2.45. The van der Waals surface area contributed by atoms with E-state index in [0.717, 1.165) is 4.68 Å². The third-order valence-electron chi connectivity index (χ3n) is 1.70. The minimum Gasteiger partial charge on any atom is -0.465 e. The fraction of sp³-hybridized carbons (Fsp3) is 0.556. The molecule has 0 aliphatic heterocycles. The summed E-state index contributed by atoms with van der Waals surface area (Å²) in [5.41, 5.74) is 0.508. The average Bonchev–Trinajstić information content (AvgIpc) is 2.62. The topological polar surface area (TPSA) is 56.1 Å². The predicted molar refractivity (Wildman–Crippen MR) is 53.4 cm³/mol. The van der Waals surface area contributed by atoms with Gasteiger partial charge in [-0.2, -0.15) is 5.10 Å². The highest BCUT2D eigenvalue weighted by Gasteiger charge is 2.06. The Morgan fingerprint density at radius 2 is 2.44 bits per heavy atom. The first-order valence-electron chi connectivity index (χ1n) is 4.82. The average molecular weight is 233 g/mol. The maximum Gasteiger partial charge on any atom is 0.325 e. The van der Waals surface area contributed by atoms with Gasteiger partial charge < -0.3 is 10.1 Å². The molecule has 0 bridgehead atoms. The molecular weight excluding hydrogens is 220 g/mol. The number of carbonyl (C=O) groups excluding carboxylic acids is 1. The molecule has 7 heteroatoms. The summed E-state index contributed by atoms with van der Waals surface area (Å²) in [7, 11) is 0. The molecule has 0 saturated carbocycles. The van der Waals surface area contributed by atoms with Gasteiger partial charge in [0, 0.05) is 6.20 Å². The number of halogens is 2. The molecule has 16 heavy (non-hydrogen) atoms. The smallest absolute Gasteiger partial charge is 0.325 e. The zero-order valence-electron chi connectivity index (χ0n) is 8.82. The molecule has 0 unspecified atom stereocenters. The van der Waals surface area contributed by atoms with Crippen LogP contribution in [0.15, 0.2) is 12.4 Å². The monoisotopic (exact) mass is 233 g/mol. The summed E-state index contributed by atoms with van der Waals surface area (Å²) >= 11 is 0. The van der Waals surface area contributed by atoms with Crippen molar-refractivity contribution in [3.05, 3.63) is 12.4 Å². The molecule has 0 aliphatic carbocycles. The van der Waals surface area contributed by atoms with Crippen LogP contribution in [0.1, 0.15) is 6.92 Å². The van der Waals surface area contributed by atoms with Gasteiger partial charge in [0.2, 0.25) is 0 Å². The SMILES string of the molecule is CCOC(=O)CNc1cnn(CC(F)F)c1. The van der Waals surface area contributed by atoms with Gasteiger partial charge in [0.1, 0.15) is 13.1 Å². The van der Waals surface area contributed by atoms with Gasteiger partial charge in [-0.15, -0.1) is 0 Å². The van der Waals surface area contributed by atoms with E-state index >= 15 is 0 Å². The first kappa shape index (κ1) is 12.4. The molecule has 90 valence electrons. The van der Waals surface area contributed by atoms with Crippen molar-refractivity contribution in [1.29, 1.82) is 0 Å². The van der Waals surface area contributed by atoms with Crippen molar-refractivity contribution in [2.75, 3.05) is 18.5 Å². The Morgan fingerprint density at radius 1 is 1.69 bits per heavy atom. The Balaban J connectivity index is 2.37. The Labute approximate surface area is 91.4 Å². The quantitative estimate of drug-likeness (QED) is 0.748. The molecule has 0 amide bonds. The van der Waals surface area contributed by atoms with Crippen LogP contribution < -0.4 is 5.32 Å². The van der Waals surface area contributed by atoms with E-state index in [1.165, 1.54) is 12.4 Å². The van der Waals surface area contributed by atoms with Crippen molar-refractivity contribution in [3.8, 4) is 0 Å². The van der Waals surface area contributed by atoms with Crippen LogP contribution in [0, 0.1) is 0 Å². The molecule has 0 atom stereocenters. The van der Waals surface area contributed by atoms with Gasteiger partial charge in [-0.1, -0.05) is 0 Å². The Bertz CT molecular complexity index is 341. The maximum absolute atomic E-state index is 12.0. The van der Waals surface area contributed by atoms with E-state index in [1.54, 1.807) is 6.92 Å². The largest absolute Gasteiger partial charge is 0.465 e. The lowest BCUT2D eigenvalue weighted by atomic mass is 10.5. The second-order valence-electron chi connectivity index (χ2n) is 3.00. The zero-order valence-corrected chi connectivity index (χ0v) is 8.82. The van der Waals surface area contributed by atoms with Crippen LogP contribution >= 0.6 is 0 Å². The summed E-state index contributed by atoms with van der Waals surface area (Å²) in [6, 6.07) is 0. The number of hydrogen-bond acceptors (Lipinski definition) is 4. The Hall–Kier alpha value is -1.66. The van der Waals surface area contributed by atoms with E-state index in [2.05, 4.69) is 15.2 Å². The van der Waals surface area contributed by atoms with Crippen molar-refractivity contribution in [2.45, 2.75) is 19.9 Å². The molecule has 0 fully saturated rings. The van der Waals surface area contributed by atoms with Crippen molar-refractivity contribution in [3.63, 3.8) is 0 Å². The lowest BCUT2D eigenvalue weighted by Crippen LogP contribution is -2.16. The highest BCUT2D eigenvalue weighted by Crippen LogP contribution is 2.06. The van der Waals surface area contributed by atoms with Crippen molar-refractivity contribution in [1.82, 2.24) is 9.78 Å². The maximum atomic E-state index is 12.0. The van der Waals surface area contributed by atoms with E-state index in [-0.39, 0.29) is 6.54 Å². The van der Waals surface area contributed by atoms with E-state index in [4.69, 9.17) is 0 Å². The van der Waals surface area contributed by atoms with Gasteiger partial charge >= 0.3 is 5.97 Å². The number of alkyl halides is 2. The molecule has 0 spiro atoms. The zero-order chi connectivity index (χ0) is 12.0. The van der Waals surface area contributed by atoms with E-state index in [0.29, 0.717) is 12.3 Å². The number of rotatable bonds is 6. The third kappa shape index (κ3) is 4.24. The molecule has 0 radical (unpaired) electrons. The summed E-state index contributed by atoms with van der Waals surface area (Å²) < 4.78 is 29.8. The lowest BCUT2D eigenvalue weighted by molar-refractivity contribution is -0.140. The molecule has 5 nitrogen and oxygen atoms in total. The van der Waals surface area contributed by atoms with Gasteiger partial charge in [-0.3, -0.25) is 9.48 Å². The number of aromatic nitrogens is 2. The Kier molecular flexibility index (Phi) is 4.68. The highest BCUT2D eigenvalue weighted by molar-refractivity contribution is 5.74. The molecule has 1 rings (SSSR count). The first-order chi connectivity index (χ1) is 7.61. The van der Waals surface area contributed by atoms with E-state index in [1.807, 2.05) is 0 Å². The molecule has 0 aliphatic rings.